The van der Waals surface area contributed by atoms with E-state index in [0.29, 0.717) is 17.3 Å². The quantitative estimate of drug-likeness (QED) is 0.701. The molecular weight excluding hydrogens is 338 g/mol. The van der Waals surface area contributed by atoms with Crippen molar-refractivity contribution in [1.82, 2.24) is 14.4 Å². The minimum Gasteiger partial charge on any atom is -0.444 e. The van der Waals surface area contributed by atoms with Crippen molar-refractivity contribution in [2.75, 3.05) is 7.05 Å². The van der Waals surface area contributed by atoms with Crippen LogP contribution in [0.4, 0.5) is 0 Å². The zero-order valence-corrected chi connectivity index (χ0v) is 14.4. The van der Waals surface area contributed by atoms with E-state index in [-0.39, 0.29) is 17.2 Å². The Kier molecular flexibility index (Phi) is 4.09. The second-order valence-electron chi connectivity index (χ2n) is 5.04. The van der Waals surface area contributed by atoms with Crippen LogP contribution in [0.5, 0.6) is 0 Å². The third kappa shape index (κ3) is 2.94. The molecule has 0 amide bonds. The van der Waals surface area contributed by atoms with Crippen LogP contribution >= 0.6 is 11.3 Å². The molecule has 0 saturated heterocycles. The molecule has 23 heavy (non-hydrogen) atoms. The lowest BCUT2D eigenvalue weighted by Gasteiger charge is -2.15. The Morgan fingerprint density at radius 3 is 2.74 bits per heavy atom. The summed E-state index contributed by atoms with van der Waals surface area (Å²) in [6, 6.07) is 3.79. The first-order valence-corrected chi connectivity index (χ1v) is 9.09. The van der Waals surface area contributed by atoms with Crippen LogP contribution in [0.25, 0.3) is 10.8 Å². The highest BCUT2D eigenvalue weighted by Crippen LogP contribution is 2.26. The molecule has 0 atom stereocenters. The normalized spacial score (nSPS) is 12.2. The molecule has 0 fully saturated rings. The minimum absolute atomic E-state index is 0.0985. The van der Waals surface area contributed by atoms with Crippen molar-refractivity contribution in [3.05, 3.63) is 40.9 Å². The van der Waals surface area contributed by atoms with Crippen LogP contribution in [0.15, 0.2) is 37.6 Å². The molecule has 3 rings (SSSR count). The fourth-order valence-electron chi connectivity index (χ4n) is 2.20. The summed E-state index contributed by atoms with van der Waals surface area (Å²) in [6.07, 6.45) is 1.47. The van der Waals surface area contributed by atoms with Crippen molar-refractivity contribution in [2.24, 2.45) is 0 Å². The van der Waals surface area contributed by atoms with Gasteiger partial charge in [-0.25, -0.2) is 13.4 Å². The van der Waals surface area contributed by atoms with Crippen LogP contribution in [-0.4, -0.2) is 29.9 Å². The second-order valence-corrected chi connectivity index (χ2v) is 7.97. The van der Waals surface area contributed by atoms with Gasteiger partial charge in [0.1, 0.15) is 16.9 Å². The highest BCUT2D eigenvalue weighted by molar-refractivity contribution is 7.89. The van der Waals surface area contributed by atoms with Gasteiger partial charge >= 0.3 is 0 Å². The number of aromatic nitrogens is 2. The summed E-state index contributed by atoms with van der Waals surface area (Å²) < 4.78 is 36.8. The lowest BCUT2D eigenvalue weighted by molar-refractivity contribution is 0.389. The number of nitrogens with zero attached hydrogens (tertiary/aromatic N) is 3. The second kappa shape index (κ2) is 5.91. The van der Waals surface area contributed by atoms with Gasteiger partial charge in [0.2, 0.25) is 15.9 Å². The van der Waals surface area contributed by atoms with Gasteiger partial charge in [0.05, 0.1) is 17.1 Å². The van der Waals surface area contributed by atoms with Gasteiger partial charge in [0, 0.05) is 7.05 Å². The highest BCUT2D eigenvalue weighted by Gasteiger charge is 2.29. The van der Waals surface area contributed by atoms with Gasteiger partial charge in [-0.05, 0) is 25.3 Å². The van der Waals surface area contributed by atoms with Gasteiger partial charge in [0.25, 0.3) is 0 Å². The lowest BCUT2D eigenvalue weighted by atomic mass is 10.4. The minimum atomic E-state index is -3.70. The van der Waals surface area contributed by atoms with Crippen LogP contribution in [-0.2, 0) is 16.6 Å². The standard InChI is InChI=1S/C14H15N3O4S2/c1-9-13(10(2)21-16-9)23(18,19)17(3)7-11-8-20-14(15-11)12-5-4-6-22-12/h4-6,8H,7H2,1-3H3. The van der Waals surface area contributed by atoms with E-state index in [1.165, 1.54) is 29.0 Å². The zero-order chi connectivity index (χ0) is 16.6. The Morgan fingerprint density at radius 1 is 1.35 bits per heavy atom. The number of hydrogen-bond donors (Lipinski definition) is 0. The Labute approximate surface area is 137 Å². The molecule has 9 heteroatoms. The van der Waals surface area contributed by atoms with Crippen molar-refractivity contribution in [3.8, 4) is 10.8 Å². The topological polar surface area (TPSA) is 89.4 Å². The number of thiophene rings is 1. The fourth-order valence-corrected chi connectivity index (χ4v) is 4.29. The van der Waals surface area contributed by atoms with Crippen LogP contribution in [0, 0.1) is 13.8 Å². The molecule has 0 aliphatic heterocycles. The van der Waals surface area contributed by atoms with E-state index in [2.05, 4.69) is 10.1 Å². The highest BCUT2D eigenvalue weighted by atomic mass is 32.2. The SMILES string of the molecule is Cc1noc(C)c1S(=O)(=O)N(C)Cc1coc(-c2cccs2)n1. The maximum absolute atomic E-state index is 12.6. The van der Waals surface area contributed by atoms with Crippen LogP contribution in [0.3, 0.4) is 0 Å². The number of hydrogen-bond acceptors (Lipinski definition) is 7. The first kappa shape index (κ1) is 15.9. The molecule has 3 heterocycles. The molecule has 0 N–H and O–H groups in total. The summed E-state index contributed by atoms with van der Waals surface area (Å²) in [7, 11) is -2.21. The lowest BCUT2D eigenvalue weighted by Crippen LogP contribution is -2.27. The third-order valence-corrected chi connectivity index (χ3v) is 6.21. The maximum Gasteiger partial charge on any atom is 0.248 e. The molecule has 0 aromatic carbocycles. The number of aryl methyl sites for hydroxylation is 2. The maximum atomic E-state index is 12.6. The van der Waals surface area contributed by atoms with Crippen molar-refractivity contribution >= 4 is 21.4 Å². The van der Waals surface area contributed by atoms with Gasteiger partial charge in [-0.2, -0.15) is 4.31 Å². The molecule has 0 aliphatic rings. The predicted octanol–water partition coefficient (Wildman–Crippen LogP) is 2.83. The van der Waals surface area contributed by atoms with Gasteiger partial charge < -0.3 is 8.94 Å². The van der Waals surface area contributed by atoms with Crippen molar-refractivity contribution in [3.63, 3.8) is 0 Å². The van der Waals surface area contributed by atoms with E-state index in [1.54, 1.807) is 13.8 Å². The molecule has 3 aromatic rings. The summed E-state index contributed by atoms with van der Waals surface area (Å²) in [5.74, 6) is 0.756. The zero-order valence-electron chi connectivity index (χ0n) is 12.8. The Hall–Kier alpha value is -1.97. The van der Waals surface area contributed by atoms with Crippen molar-refractivity contribution in [1.29, 1.82) is 0 Å². The van der Waals surface area contributed by atoms with E-state index in [4.69, 9.17) is 8.94 Å². The Balaban J connectivity index is 1.83. The number of rotatable bonds is 5. The van der Waals surface area contributed by atoms with E-state index < -0.39 is 10.0 Å². The van der Waals surface area contributed by atoms with Crippen LogP contribution in [0.2, 0.25) is 0 Å². The molecule has 0 aliphatic carbocycles. The van der Waals surface area contributed by atoms with Gasteiger partial charge in [-0.1, -0.05) is 11.2 Å². The van der Waals surface area contributed by atoms with Gasteiger partial charge in [-0.15, -0.1) is 11.3 Å². The molecule has 7 nitrogen and oxygen atoms in total. The first-order chi connectivity index (χ1) is 10.9. The smallest absolute Gasteiger partial charge is 0.248 e. The van der Waals surface area contributed by atoms with Crippen molar-refractivity contribution in [2.45, 2.75) is 25.3 Å². The summed E-state index contributed by atoms with van der Waals surface area (Å²) in [6.45, 7) is 3.27. The van der Waals surface area contributed by atoms with Crippen LogP contribution in [0.1, 0.15) is 17.1 Å². The molecule has 0 saturated carbocycles. The summed E-state index contributed by atoms with van der Waals surface area (Å²) >= 11 is 1.51. The van der Waals surface area contributed by atoms with E-state index in [9.17, 15) is 8.42 Å². The average Bonchev–Trinajstić information content (AvgIpc) is 3.20. The van der Waals surface area contributed by atoms with Gasteiger partial charge in [-0.3, -0.25) is 0 Å². The molecule has 3 aromatic heterocycles. The summed E-state index contributed by atoms with van der Waals surface area (Å²) in [5, 5.41) is 5.62. The summed E-state index contributed by atoms with van der Waals surface area (Å²) in [4.78, 5) is 5.33. The fraction of sp³-hybridized carbons (Fsp3) is 0.286. The Bertz CT molecular complexity index is 890. The summed E-state index contributed by atoms with van der Waals surface area (Å²) in [5.41, 5.74) is 0.875. The molecule has 0 bridgehead atoms. The molecule has 0 unspecified atom stereocenters. The molecular formula is C14H15N3O4S2. The molecule has 122 valence electrons. The number of oxazole rings is 1. The van der Waals surface area contributed by atoms with E-state index in [1.807, 2.05) is 17.5 Å². The predicted molar refractivity (Wildman–Crippen MR) is 84.4 cm³/mol. The van der Waals surface area contributed by atoms with E-state index in [0.717, 1.165) is 4.88 Å². The first-order valence-electron chi connectivity index (χ1n) is 6.77. The number of sulfonamides is 1. The van der Waals surface area contributed by atoms with Crippen molar-refractivity contribution < 1.29 is 17.4 Å². The largest absolute Gasteiger partial charge is 0.444 e. The van der Waals surface area contributed by atoms with Crippen LogP contribution < -0.4 is 0 Å². The Morgan fingerprint density at radius 2 is 2.13 bits per heavy atom. The third-order valence-electron chi connectivity index (χ3n) is 3.30. The average molecular weight is 353 g/mol. The van der Waals surface area contributed by atoms with Gasteiger partial charge in [0.15, 0.2) is 5.76 Å². The molecule has 0 spiro atoms. The monoisotopic (exact) mass is 353 g/mol. The van der Waals surface area contributed by atoms with E-state index >= 15 is 0 Å². The molecule has 0 radical (unpaired) electrons.